The van der Waals surface area contributed by atoms with Gasteiger partial charge in [0.15, 0.2) is 12.2 Å². The summed E-state index contributed by atoms with van der Waals surface area (Å²) in [7, 11) is 0. The Morgan fingerprint density at radius 2 is 1.41 bits per heavy atom. The fraction of sp³-hybridized carbons (Fsp3) is 0.476. The van der Waals surface area contributed by atoms with Crippen LogP contribution in [0.5, 0.6) is 11.5 Å². The van der Waals surface area contributed by atoms with Crippen molar-refractivity contribution in [2.75, 3.05) is 6.61 Å². The lowest BCUT2D eigenvalue weighted by Crippen LogP contribution is -2.63. The number of hydrogen-bond donors (Lipinski definition) is 2. The van der Waals surface area contributed by atoms with Gasteiger partial charge in [0.1, 0.15) is 29.8 Å². The first-order valence-electron chi connectivity index (χ1n) is 9.92. The molecule has 1 fully saturated rings. The highest BCUT2D eigenvalue weighted by Gasteiger charge is 2.53. The normalized spacial score (nSPS) is 23.8. The Morgan fingerprint density at radius 1 is 0.853 bits per heavy atom. The van der Waals surface area contributed by atoms with Crippen LogP contribution < -0.4 is 4.74 Å². The van der Waals surface area contributed by atoms with Gasteiger partial charge in [-0.15, -0.1) is 0 Å². The standard InChI is InChI=1S/C21H24O13/c1-9(22)29-8-16-17(30-10(2)23)18(31-11(3)24)19(32-12(4)25)21(34-16)33-13-5-6-14(20(27)28)15(26)7-13/h5-7,16-19,21,26H,8H2,1-4H3,(H,27,28)/t16-,17-,18+,19-,21-/m1/s1. The van der Waals surface area contributed by atoms with E-state index in [2.05, 4.69) is 0 Å². The average Bonchev–Trinajstić information content (AvgIpc) is 2.69. The Labute approximate surface area is 193 Å². The molecule has 1 aromatic rings. The number of esters is 4. The molecular formula is C21H24O13. The van der Waals surface area contributed by atoms with Crippen LogP contribution in [0, 0.1) is 0 Å². The first-order valence-corrected chi connectivity index (χ1v) is 9.92. The summed E-state index contributed by atoms with van der Waals surface area (Å²) in [6.07, 6.45) is -7.00. The van der Waals surface area contributed by atoms with Crippen LogP contribution in [0.15, 0.2) is 18.2 Å². The maximum atomic E-state index is 11.8. The average molecular weight is 484 g/mol. The Morgan fingerprint density at radius 3 is 1.91 bits per heavy atom. The largest absolute Gasteiger partial charge is 0.507 e. The van der Waals surface area contributed by atoms with E-state index in [4.69, 9.17) is 33.5 Å². The number of rotatable bonds is 8. The number of carbonyl (C=O) groups is 5. The molecule has 5 atom stereocenters. The first kappa shape index (κ1) is 26.4. The summed E-state index contributed by atoms with van der Waals surface area (Å²) in [5, 5.41) is 19.0. The molecule has 1 heterocycles. The second kappa shape index (κ2) is 11.3. The third kappa shape index (κ3) is 7.07. The minimum absolute atomic E-state index is 0.0941. The van der Waals surface area contributed by atoms with E-state index < -0.39 is 78.5 Å². The molecule has 0 saturated carbocycles. The van der Waals surface area contributed by atoms with Gasteiger partial charge in [-0.1, -0.05) is 0 Å². The summed E-state index contributed by atoms with van der Waals surface area (Å²) in [4.78, 5) is 57.8. The minimum Gasteiger partial charge on any atom is -0.507 e. The topological polar surface area (TPSA) is 181 Å². The lowest BCUT2D eigenvalue weighted by molar-refractivity contribution is -0.288. The van der Waals surface area contributed by atoms with Crippen molar-refractivity contribution in [3.8, 4) is 11.5 Å². The molecule has 1 aliphatic rings. The highest BCUT2D eigenvalue weighted by atomic mass is 16.7. The Bertz CT molecular complexity index is 956. The third-order valence-electron chi connectivity index (χ3n) is 4.40. The second-order valence-corrected chi connectivity index (χ2v) is 7.17. The maximum absolute atomic E-state index is 11.8. The fourth-order valence-electron chi connectivity index (χ4n) is 3.18. The van der Waals surface area contributed by atoms with Gasteiger partial charge in [-0.25, -0.2) is 4.79 Å². The number of carboxylic acid groups (broad SMARTS) is 1. The van der Waals surface area contributed by atoms with Crippen LogP contribution in [0.25, 0.3) is 0 Å². The number of hydrogen-bond acceptors (Lipinski definition) is 12. The van der Waals surface area contributed by atoms with Gasteiger partial charge in [0, 0.05) is 33.8 Å². The van der Waals surface area contributed by atoms with Crippen LogP contribution in [0.1, 0.15) is 38.1 Å². The molecule has 2 N–H and O–H groups in total. The monoisotopic (exact) mass is 484 g/mol. The molecule has 13 heteroatoms. The van der Waals surface area contributed by atoms with E-state index in [0.29, 0.717) is 0 Å². The molecule has 1 saturated heterocycles. The fourth-order valence-corrected chi connectivity index (χ4v) is 3.18. The minimum atomic E-state index is -1.52. The van der Waals surface area contributed by atoms with Gasteiger partial charge < -0.3 is 38.6 Å². The number of phenols is 1. The van der Waals surface area contributed by atoms with E-state index in [9.17, 15) is 29.1 Å². The lowest BCUT2D eigenvalue weighted by Gasteiger charge is -2.43. The lowest BCUT2D eigenvalue weighted by atomic mass is 9.98. The van der Waals surface area contributed by atoms with Crippen LogP contribution in [0.4, 0.5) is 0 Å². The van der Waals surface area contributed by atoms with Crippen molar-refractivity contribution in [2.45, 2.75) is 58.4 Å². The Hall–Kier alpha value is -3.87. The van der Waals surface area contributed by atoms with Crippen molar-refractivity contribution in [1.29, 1.82) is 0 Å². The summed E-state index contributed by atoms with van der Waals surface area (Å²) < 4.78 is 32.1. The third-order valence-corrected chi connectivity index (χ3v) is 4.40. The molecule has 186 valence electrons. The van der Waals surface area contributed by atoms with Gasteiger partial charge in [0.2, 0.25) is 12.4 Å². The molecule has 0 aromatic heterocycles. The van der Waals surface area contributed by atoms with E-state index in [1.165, 1.54) is 6.07 Å². The predicted molar refractivity (Wildman–Crippen MR) is 108 cm³/mol. The zero-order valence-corrected chi connectivity index (χ0v) is 18.7. The summed E-state index contributed by atoms with van der Waals surface area (Å²) in [5.74, 6) is -5.18. The van der Waals surface area contributed by atoms with Crippen molar-refractivity contribution < 1.29 is 62.6 Å². The van der Waals surface area contributed by atoms with Gasteiger partial charge in [-0.2, -0.15) is 0 Å². The van der Waals surface area contributed by atoms with Crippen LogP contribution in [0.3, 0.4) is 0 Å². The molecule has 1 aromatic carbocycles. The SMILES string of the molecule is CC(=O)OC[C@H]1O[C@@H](Oc2ccc(C(=O)O)c(O)c2)[C@H](OC(C)=O)[C@@H](OC(C)=O)[C@@H]1OC(C)=O. The van der Waals surface area contributed by atoms with Gasteiger partial charge >= 0.3 is 29.8 Å². The van der Waals surface area contributed by atoms with Crippen LogP contribution in [0.2, 0.25) is 0 Å². The number of ether oxygens (including phenoxy) is 6. The summed E-state index contributed by atoms with van der Waals surface area (Å²) in [6, 6.07) is 3.26. The maximum Gasteiger partial charge on any atom is 0.339 e. The molecule has 0 aliphatic carbocycles. The van der Waals surface area contributed by atoms with Gasteiger partial charge in [-0.05, 0) is 12.1 Å². The second-order valence-electron chi connectivity index (χ2n) is 7.17. The van der Waals surface area contributed by atoms with Crippen molar-refractivity contribution >= 4 is 29.8 Å². The van der Waals surface area contributed by atoms with E-state index in [1.54, 1.807) is 0 Å². The molecule has 0 radical (unpaired) electrons. The Balaban J connectivity index is 2.47. The van der Waals surface area contributed by atoms with E-state index >= 15 is 0 Å². The van der Waals surface area contributed by atoms with Gasteiger partial charge in [0.25, 0.3) is 0 Å². The highest BCUT2D eigenvalue weighted by Crippen LogP contribution is 2.32. The van der Waals surface area contributed by atoms with Crippen molar-refractivity contribution in [3.05, 3.63) is 23.8 Å². The number of carbonyl (C=O) groups excluding carboxylic acids is 4. The summed E-state index contributed by atoms with van der Waals surface area (Å²) in [5.41, 5.74) is -0.395. The van der Waals surface area contributed by atoms with Crippen molar-refractivity contribution in [3.63, 3.8) is 0 Å². The molecule has 34 heavy (non-hydrogen) atoms. The molecule has 13 nitrogen and oxygen atoms in total. The molecule has 0 spiro atoms. The quantitative estimate of drug-likeness (QED) is 0.386. The number of benzene rings is 1. The molecule has 0 bridgehead atoms. The number of aromatic hydroxyl groups is 1. The predicted octanol–water partition coefficient (Wildman–Crippen LogP) is 0.552. The van der Waals surface area contributed by atoms with Crippen LogP contribution >= 0.6 is 0 Å². The molecule has 2 rings (SSSR count). The van der Waals surface area contributed by atoms with E-state index in [-0.39, 0.29) is 5.75 Å². The zero-order chi connectivity index (χ0) is 25.6. The van der Waals surface area contributed by atoms with E-state index in [1.807, 2.05) is 0 Å². The van der Waals surface area contributed by atoms with Gasteiger partial charge in [0.05, 0.1) is 0 Å². The Kier molecular flexibility index (Phi) is 8.78. The highest BCUT2D eigenvalue weighted by molar-refractivity contribution is 5.90. The van der Waals surface area contributed by atoms with E-state index in [0.717, 1.165) is 39.8 Å². The van der Waals surface area contributed by atoms with Crippen LogP contribution in [-0.2, 0) is 42.9 Å². The smallest absolute Gasteiger partial charge is 0.339 e. The number of aromatic carboxylic acids is 1. The summed E-state index contributed by atoms with van der Waals surface area (Å²) in [6.45, 7) is 3.92. The summed E-state index contributed by atoms with van der Waals surface area (Å²) >= 11 is 0. The first-order chi connectivity index (χ1) is 15.9. The molecular weight excluding hydrogens is 460 g/mol. The molecule has 0 unspecified atom stereocenters. The van der Waals surface area contributed by atoms with Crippen LogP contribution in [-0.4, -0.2) is 77.4 Å². The van der Waals surface area contributed by atoms with Crippen molar-refractivity contribution in [2.24, 2.45) is 0 Å². The zero-order valence-electron chi connectivity index (χ0n) is 18.7. The molecule has 1 aliphatic heterocycles. The van der Waals surface area contributed by atoms with Gasteiger partial charge in [-0.3, -0.25) is 19.2 Å². The number of carboxylic acids is 1. The molecule has 0 amide bonds. The van der Waals surface area contributed by atoms with Crippen molar-refractivity contribution in [1.82, 2.24) is 0 Å².